The zero-order valence-corrected chi connectivity index (χ0v) is 18.8. The number of rotatable bonds is 6. The van der Waals surface area contributed by atoms with Gasteiger partial charge in [-0.3, -0.25) is 0 Å². The molecular weight excluding hydrogens is 459 g/mol. The first kappa shape index (κ1) is 21.9. The van der Waals surface area contributed by atoms with Gasteiger partial charge in [-0.2, -0.15) is 0 Å². The van der Waals surface area contributed by atoms with Crippen LogP contribution in [0.1, 0.15) is 0 Å². The van der Waals surface area contributed by atoms with Crippen LogP contribution in [0.5, 0.6) is 0 Å². The van der Waals surface area contributed by atoms with E-state index in [4.69, 9.17) is 0 Å². The fraction of sp³-hybridized carbons (Fsp3) is 0. The van der Waals surface area contributed by atoms with Crippen molar-refractivity contribution in [1.29, 1.82) is 0 Å². The summed E-state index contributed by atoms with van der Waals surface area (Å²) in [6.07, 6.45) is 0. The molecule has 0 N–H and O–H groups in total. The van der Waals surface area contributed by atoms with Crippen molar-refractivity contribution in [3.8, 4) is 0 Å². The molecule has 0 aliphatic rings. The van der Waals surface area contributed by atoms with Crippen molar-refractivity contribution in [3.63, 3.8) is 0 Å². The van der Waals surface area contributed by atoms with Crippen molar-refractivity contribution < 1.29 is 16.8 Å². The van der Waals surface area contributed by atoms with Gasteiger partial charge in [0.05, 0.1) is 0 Å². The van der Waals surface area contributed by atoms with Gasteiger partial charge in [0.1, 0.15) is 0 Å². The normalized spacial score (nSPS) is 13.9. The quantitative estimate of drug-likeness (QED) is 0.196. The van der Waals surface area contributed by atoms with Gasteiger partial charge in [0.2, 0.25) is 0 Å². The Balaban J connectivity index is 1.91. The summed E-state index contributed by atoms with van der Waals surface area (Å²) in [6, 6.07) is 30.6. The molecule has 160 valence electrons. The molecule has 0 nitrogen and oxygen atoms in total. The predicted octanol–water partition coefficient (Wildman–Crippen LogP) is 10.1. The van der Waals surface area contributed by atoms with Gasteiger partial charge in [-0.05, 0) is 0 Å². The fourth-order valence-corrected chi connectivity index (χ4v) is 11.7. The molecule has 0 unspecified atom stereocenters. The summed E-state index contributed by atoms with van der Waals surface area (Å²) < 4.78 is 60.3. The van der Waals surface area contributed by atoms with Crippen LogP contribution < -0.4 is 0 Å². The Morgan fingerprint density at radius 2 is 0.806 bits per heavy atom. The summed E-state index contributed by atoms with van der Waals surface area (Å²) in [6.45, 7) is 0. The van der Waals surface area contributed by atoms with E-state index >= 15 is 16.8 Å². The Morgan fingerprint density at radius 3 is 1.23 bits per heavy atom. The van der Waals surface area contributed by atoms with E-state index in [9.17, 15) is 0 Å². The van der Waals surface area contributed by atoms with Crippen molar-refractivity contribution >= 4 is 28.5 Å². The zero-order chi connectivity index (χ0) is 22.0. The van der Waals surface area contributed by atoms with Crippen LogP contribution in [-0.4, -0.2) is 0 Å². The van der Waals surface area contributed by atoms with Gasteiger partial charge in [-0.15, -0.1) is 0 Å². The third kappa shape index (κ3) is 4.25. The molecule has 7 heteroatoms. The molecule has 0 fully saturated rings. The SMILES string of the molecule is FP(F)(F)(F)S(c1ccccc1)(c1ccccc1)c1ccc(Sc2ccccc2)cc1. The Morgan fingerprint density at radius 1 is 0.452 bits per heavy atom. The van der Waals surface area contributed by atoms with Crippen LogP contribution in [0.25, 0.3) is 0 Å². The van der Waals surface area contributed by atoms with Crippen molar-refractivity contribution in [3.05, 3.63) is 115 Å². The van der Waals surface area contributed by atoms with Gasteiger partial charge >= 0.3 is 185 Å². The van der Waals surface area contributed by atoms with Crippen molar-refractivity contribution in [1.82, 2.24) is 0 Å². The summed E-state index contributed by atoms with van der Waals surface area (Å²) in [5.74, 6) is 0. The Hall–Kier alpha value is -2.27. The molecule has 31 heavy (non-hydrogen) atoms. The van der Waals surface area contributed by atoms with E-state index in [-0.39, 0.29) is 14.7 Å². The molecule has 4 aromatic carbocycles. The summed E-state index contributed by atoms with van der Waals surface area (Å²) >= 11 is 1.45. The summed E-state index contributed by atoms with van der Waals surface area (Å²) in [5, 5.41) is 0. The van der Waals surface area contributed by atoms with Gasteiger partial charge in [-0.1, -0.05) is 0 Å². The Bertz CT molecular complexity index is 1100. The van der Waals surface area contributed by atoms with Crippen LogP contribution in [0.4, 0.5) is 16.8 Å². The maximum atomic E-state index is 15.1. The third-order valence-corrected chi connectivity index (χ3v) is 13.8. The van der Waals surface area contributed by atoms with E-state index in [1.165, 1.54) is 72.4 Å². The second-order valence-corrected chi connectivity index (χ2v) is 15.1. The van der Waals surface area contributed by atoms with Crippen LogP contribution in [-0.2, 0) is 0 Å². The van der Waals surface area contributed by atoms with Crippen LogP contribution in [0.15, 0.2) is 140 Å². The monoisotopic (exact) mass is 478 g/mol. The first-order chi connectivity index (χ1) is 14.8. The van der Waals surface area contributed by atoms with E-state index in [1.54, 1.807) is 24.3 Å². The number of halogens is 4. The minimum absolute atomic E-state index is 0.0441. The topological polar surface area (TPSA) is 0 Å². The first-order valence-corrected chi connectivity index (χ1v) is 14.3. The predicted molar refractivity (Wildman–Crippen MR) is 124 cm³/mol. The molecule has 4 aromatic rings. The molecule has 0 bridgehead atoms. The summed E-state index contributed by atoms with van der Waals surface area (Å²) in [7, 11) is -12.3. The van der Waals surface area contributed by atoms with Crippen molar-refractivity contribution in [2.75, 3.05) is 0 Å². The molecule has 0 spiro atoms. The Kier molecular flexibility index (Phi) is 5.91. The molecule has 0 heterocycles. The fourth-order valence-electron chi connectivity index (χ4n) is 3.45. The number of benzene rings is 4. The molecule has 0 aliphatic carbocycles. The molecular formula is C24H19F4PS2. The molecule has 0 atom stereocenters. The average Bonchev–Trinajstić information content (AvgIpc) is 2.76. The second-order valence-electron chi connectivity index (χ2n) is 6.75. The molecule has 0 aliphatic heterocycles. The maximum absolute atomic E-state index is 15.1. The molecule has 0 aromatic heterocycles. The van der Waals surface area contributed by atoms with E-state index in [0.717, 1.165) is 9.79 Å². The summed E-state index contributed by atoms with van der Waals surface area (Å²) in [5.41, 5.74) is 0. The molecule has 0 saturated heterocycles. The third-order valence-electron chi connectivity index (χ3n) is 4.73. The molecule has 0 saturated carbocycles. The summed E-state index contributed by atoms with van der Waals surface area (Å²) in [4.78, 5) is 1.64. The average molecular weight is 479 g/mol. The second kappa shape index (κ2) is 8.34. The van der Waals surface area contributed by atoms with E-state index in [1.807, 2.05) is 30.3 Å². The number of hydrogen-bond donors (Lipinski definition) is 0. The van der Waals surface area contributed by atoms with Gasteiger partial charge in [0.25, 0.3) is 0 Å². The van der Waals surface area contributed by atoms with Gasteiger partial charge < -0.3 is 0 Å². The van der Waals surface area contributed by atoms with Crippen LogP contribution in [0.3, 0.4) is 0 Å². The van der Waals surface area contributed by atoms with E-state index in [0.29, 0.717) is 0 Å². The van der Waals surface area contributed by atoms with Crippen LogP contribution in [0.2, 0.25) is 0 Å². The van der Waals surface area contributed by atoms with Gasteiger partial charge in [-0.25, -0.2) is 0 Å². The zero-order valence-electron chi connectivity index (χ0n) is 16.2. The standard InChI is InChI=1S/C24H19F4PS2/c25-29(26,27,28)31(22-12-6-2-7-13-22,23-14-8-3-9-15-23)24-18-16-21(17-19-24)30-20-10-4-1-5-11-20/h1-19H. The number of hydrogen-bond acceptors (Lipinski definition) is 1. The molecule has 0 radical (unpaired) electrons. The Labute approximate surface area is 184 Å². The first-order valence-electron chi connectivity index (χ1n) is 9.43. The van der Waals surface area contributed by atoms with Crippen molar-refractivity contribution in [2.45, 2.75) is 24.5 Å². The molecule has 4 rings (SSSR count). The molecule has 0 amide bonds. The van der Waals surface area contributed by atoms with E-state index in [2.05, 4.69) is 0 Å². The van der Waals surface area contributed by atoms with E-state index < -0.39 is 16.7 Å². The van der Waals surface area contributed by atoms with Gasteiger partial charge in [0, 0.05) is 0 Å². The van der Waals surface area contributed by atoms with Gasteiger partial charge in [0.15, 0.2) is 0 Å². The van der Waals surface area contributed by atoms with Crippen LogP contribution in [0, 0.1) is 0 Å². The minimum atomic E-state index is -8.17. The van der Waals surface area contributed by atoms with Crippen LogP contribution >= 0.6 is 28.5 Å². The van der Waals surface area contributed by atoms with Crippen molar-refractivity contribution in [2.24, 2.45) is 0 Å².